The fourth-order valence-electron chi connectivity index (χ4n) is 3.20. The summed E-state index contributed by atoms with van der Waals surface area (Å²) in [7, 11) is 0. The van der Waals surface area contributed by atoms with Crippen molar-refractivity contribution in [2.24, 2.45) is 5.92 Å². The van der Waals surface area contributed by atoms with Gasteiger partial charge in [-0.25, -0.2) is 4.98 Å². The van der Waals surface area contributed by atoms with E-state index in [1.807, 2.05) is 4.90 Å². The van der Waals surface area contributed by atoms with Crippen molar-refractivity contribution >= 4 is 5.91 Å². The highest BCUT2D eigenvalue weighted by atomic mass is 16.5. The zero-order chi connectivity index (χ0) is 16.1. The van der Waals surface area contributed by atoms with Gasteiger partial charge in [0.2, 0.25) is 11.8 Å². The van der Waals surface area contributed by atoms with Crippen molar-refractivity contribution in [1.82, 2.24) is 9.88 Å². The quantitative estimate of drug-likeness (QED) is 0.805. The molecule has 1 aliphatic heterocycles. The monoisotopic (exact) mass is 311 g/mol. The maximum atomic E-state index is 12.5. The predicted molar refractivity (Wildman–Crippen MR) is 85.7 cm³/mol. The first-order valence-electron chi connectivity index (χ1n) is 8.23. The number of allylic oxidation sites excluding steroid dienone is 2. The minimum Gasteiger partial charge on any atom is -0.473 e. The van der Waals surface area contributed by atoms with Crippen molar-refractivity contribution in [3.05, 3.63) is 36.0 Å². The van der Waals surface area contributed by atoms with Crippen LogP contribution in [0.2, 0.25) is 0 Å². The zero-order valence-corrected chi connectivity index (χ0v) is 13.1. The molecule has 5 nitrogen and oxygen atoms in total. The fraction of sp³-hybridized carbons (Fsp3) is 0.500. The average molecular weight is 311 g/mol. The first-order valence-corrected chi connectivity index (χ1v) is 8.23. The minimum absolute atomic E-state index is 0.0206. The number of hydrogen-bond donors (Lipinski definition) is 0. The maximum Gasteiger partial charge on any atom is 0.231 e. The number of amides is 1. The number of pyridine rings is 1. The van der Waals surface area contributed by atoms with E-state index in [0.29, 0.717) is 11.4 Å². The molecule has 23 heavy (non-hydrogen) atoms. The minimum atomic E-state index is 0.0206. The Morgan fingerprint density at radius 2 is 2.13 bits per heavy atom. The number of carbonyl (C=O) groups is 1. The van der Waals surface area contributed by atoms with Crippen molar-refractivity contribution in [3.8, 4) is 11.9 Å². The van der Waals surface area contributed by atoms with Crippen molar-refractivity contribution in [2.75, 3.05) is 13.1 Å². The molecule has 0 spiro atoms. The molecule has 0 N–H and O–H groups in total. The summed E-state index contributed by atoms with van der Waals surface area (Å²) in [5.41, 5.74) is 0.458. The molecule has 5 heteroatoms. The molecule has 120 valence electrons. The van der Waals surface area contributed by atoms with Gasteiger partial charge in [0.05, 0.1) is 0 Å². The van der Waals surface area contributed by atoms with E-state index < -0.39 is 0 Å². The van der Waals surface area contributed by atoms with Crippen LogP contribution < -0.4 is 4.74 Å². The van der Waals surface area contributed by atoms with Crippen LogP contribution in [0.25, 0.3) is 0 Å². The number of piperidine rings is 1. The number of nitriles is 1. The fourth-order valence-corrected chi connectivity index (χ4v) is 3.20. The van der Waals surface area contributed by atoms with Gasteiger partial charge in [0.15, 0.2) is 0 Å². The first-order chi connectivity index (χ1) is 11.3. The Kier molecular flexibility index (Phi) is 4.92. The smallest absolute Gasteiger partial charge is 0.231 e. The molecule has 1 fully saturated rings. The van der Waals surface area contributed by atoms with Gasteiger partial charge in [-0.3, -0.25) is 4.79 Å². The van der Waals surface area contributed by atoms with Gasteiger partial charge in [0.25, 0.3) is 0 Å². The largest absolute Gasteiger partial charge is 0.473 e. The molecular weight excluding hydrogens is 290 g/mol. The van der Waals surface area contributed by atoms with Gasteiger partial charge in [-0.1, -0.05) is 12.2 Å². The Hall–Kier alpha value is -2.35. The van der Waals surface area contributed by atoms with Gasteiger partial charge < -0.3 is 9.64 Å². The van der Waals surface area contributed by atoms with Crippen LogP contribution in [0.15, 0.2) is 30.5 Å². The highest BCUT2D eigenvalue weighted by Gasteiger charge is 2.29. The van der Waals surface area contributed by atoms with Gasteiger partial charge in [-0.05, 0) is 31.4 Å². The van der Waals surface area contributed by atoms with E-state index in [9.17, 15) is 4.79 Å². The van der Waals surface area contributed by atoms with Crippen molar-refractivity contribution in [1.29, 1.82) is 5.26 Å². The van der Waals surface area contributed by atoms with Crippen LogP contribution in [-0.4, -0.2) is 35.0 Å². The van der Waals surface area contributed by atoms with Crippen LogP contribution in [0.4, 0.5) is 0 Å². The van der Waals surface area contributed by atoms with Crippen molar-refractivity contribution < 1.29 is 9.53 Å². The van der Waals surface area contributed by atoms with Crippen LogP contribution in [0, 0.1) is 17.2 Å². The summed E-state index contributed by atoms with van der Waals surface area (Å²) < 4.78 is 5.87. The second kappa shape index (κ2) is 7.28. The topological polar surface area (TPSA) is 66.2 Å². The number of ether oxygens (including phenoxy) is 1. The molecule has 2 aliphatic rings. The summed E-state index contributed by atoms with van der Waals surface area (Å²) in [5.74, 6) is 0.832. The van der Waals surface area contributed by atoms with E-state index in [1.165, 1.54) is 0 Å². The van der Waals surface area contributed by atoms with E-state index in [1.54, 1.807) is 18.3 Å². The summed E-state index contributed by atoms with van der Waals surface area (Å²) >= 11 is 0. The Morgan fingerprint density at radius 1 is 1.30 bits per heavy atom. The molecular formula is C18H21N3O2. The number of rotatable bonds is 3. The van der Waals surface area contributed by atoms with Crippen LogP contribution in [0.1, 0.15) is 37.7 Å². The highest BCUT2D eigenvalue weighted by Crippen LogP contribution is 2.24. The average Bonchev–Trinajstić information content (AvgIpc) is 2.63. The molecule has 0 bridgehead atoms. The molecule has 1 aromatic heterocycles. The first kappa shape index (κ1) is 15.5. The lowest BCUT2D eigenvalue weighted by Crippen LogP contribution is -2.44. The Labute approximate surface area is 136 Å². The number of likely N-dealkylation sites (tertiary alicyclic amines) is 1. The summed E-state index contributed by atoms with van der Waals surface area (Å²) in [5, 5.41) is 9.08. The van der Waals surface area contributed by atoms with Crippen molar-refractivity contribution in [3.63, 3.8) is 0 Å². The lowest BCUT2D eigenvalue weighted by molar-refractivity contribution is -0.137. The van der Waals surface area contributed by atoms with E-state index in [4.69, 9.17) is 10.00 Å². The molecule has 1 atom stereocenters. The van der Waals surface area contributed by atoms with Crippen LogP contribution >= 0.6 is 0 Å². The number of carbonyl (C=O) groups excluding carboxylic acids is 1. The third kappa shape index (κ3) is 3.70. The molecule has 0 unspecified atom stereocenters. The predicted octanol–water partition coefficient (Wildman–Crippen LogP) is 2.68. The Morgan fingerprint density at radius 3 is 2.83 bits per heavy atom. The Bertz CT molecular complexity index is 627. The molecule has 0 radical (unpaired) electrons. The summed E-state index contributed by atoms with van der Waals surface area (Å²) in [6, 6.07) is 5.53. The van der Waals surface area contributed by atoms with E-state index >= 15 is 0 Å². The summed E-state index contributed by atoms with van der Waals surface area (Å²) in [4.78, 5) is 18.6. The second-order valence-corrected chi connectivity index (χ2v) is 6.09. The lowest BCUT2D eigenvalue weighted by atomic mass is 9.92. The standard InChI is InChI=1S/C18H21N3O2/c19-13-15-7-4-10-20-17(15)23-16-8-11-21(12-9-16)18(22)14-5-2-1-3-6-14/h1-2,4,7,10,14,16H,3,5-6,8-9,11-12H2/t14-/m0/s1. The number of aromatic nitrogens is 1. The summed E-state index contributed by atoms with van der Waals surface area (Å²) in [6.45, 7) is 1.44. The van der Waals surface area contributed by atoms with E-state index in [2.05, 4.69) is 23.2 Å². The van der Waals surface area contributed by atoms with Gasteiger partial charge >= 0.3 is 0 Å². The highest BCUT2D eigenvalue weighted by molar-refractivity contribution is 5.79. The van der Waals surface area contributed by atoms with Crippen molar-refractivity contribution in [2.45, 2.75) is 38.2 Å². The van der Waals surface area contributed by atoms with Gasteiger partial charge in [0, 0.05) is 38.0 Å². The van der Waals surface area contributed by atoms with Gasteiger partial charge in [-0.15, -0.1) is 0 Å². The molecule has 0 aromatic carbocycles. The SMILES string of the molecule is N#Cc1cccnc1OC1CCN(C(=O)[C@H]2CC=CCC2)CC1. The molecule has 1 saturated heterocycles. The lowest BCUT2D eigenvalue weighted by Gasteiger charge is -2.34. The van der Waals surface area contributed by atoms with Crippen LogP contribution in [0.5, 0.6) is 5.88 Å². The Balaban J connectivity index is 1.53. The molecule has 0 saturated carbocycles. The second-order valence-electron chi connectivity index (χ2n) is 6.09. The van der Waals surface area contributed by atoms with Gasteiger partial charge in [-0.2, -0.15) is 5.26 Å². The molecule has 3 rings (SSSR count). The molecule has 1 aromatic rings. The normalized spacial score (nSPS) is 21.7. The number of hydrogen-bond acceptors (Lipinski definition) is 4. The van der Waals surface area contributed by atoms with Crippen LogP contribution in [0.3, 0.4) is 0 Å². The van der Waals surface area contributed by atoms with E-state index in [-0.39, 0.29) is 17.9 Å². The third-order valence-corrected chi connectivity index (χ3v) is 4.54. The third-order valence-electron chi connectivity index (χ3n) is 4.54. The molecule has 1 aliphatic carbocycles. The number of nitrogens with zero attached hydrogens (tertiary/aromatic N) is 3. The summed E-state index contributed by atoms with van der Waals surface area (Å²) in [6.07, 6.45) is 10.3. The zero-order valence-electron chi connectivity index (χ0n) is 13.1. The molecule has 1 amide bonds. The maximum absolute atomic E-state index is 12.5. The molecule has 2 heterocycles. The van der Waals surface area contributed by atoms with Gasteiger partial charge in [0.1, 0.15) is 17.7 Å². The van der Waals surface area contributed by atoms with Crippen LogP contribution in [-0.2, 0) is 4.79 Å². The van der Waals surface area contributed by atoms with E-state index in [0.717, 1.165) is 45.2 Å².